The molecule has 4 rings (SSSR count). The van der Waals surface area contributed by atoms with Gasteiger partial charge in [-0.3, -0.25) is 0 Å². The highest BCUT2D eigenvalue weighted by molar-refractivity contribution is 7.89. The molecule has 2 amide bonds. The van der Waals surface area contributed by atoms with Crippen LogP contribution < -0.4 is 15.5 Å². The molecule has 0 radical (unpaired) electrons. The minimum absolute atomic E-state index is 0.179. The Kier molecular flexibility index (Phi) is 7.16. The van der Waals surface area contributed by atoms with Crippen LogP contribution in [0.5, 0.6) is 0 Å². The molecule has 0 atom stereocenters. The van der Waals surface area contributed by atoms with Gasteiger partial charge < -0.3 is 15.5 Å². The van der Waals surface area contributed by atoms with E-state index in [1.165, 1.54) is 4.31 Å². The minimum Gasteiger partial charge on any atom is -0.370 e. The summed E-state index contributed by atoms with van der Waals surface area (Å²) in [5.41, 5.74) is 2.00. The van der Waals surface area contributed by atoms with Gasteiger partial charge in [-0.25, -0.2) is 13.2 Å². The molecule has 2 heterocycles. The predicted octanol–water partition coefficient (Wildman–Crippen LogP) is 4.37. The van der Waals surface area contributed by atoms with Crippen LogP contribution in [0.15, 0.2) is 47.4 Å². The third-order valence-corrected chi connectivity index (χ3v) is 8.06. The lowest BCUT2D eigenvalue weighted by Crippen LogP contribution is -2.36. The Bertz CT molecular complexity index is 1150. The number of carbonyl (C=O) groups excluding carboxylic acids is 1. The number of sulfonamides is 1. The summed E-state index contributed by atoms with van der Waals surface area (Å²) in [5.74, 6) is 0. The van der Waals surface area contributed by atoms with Gasteiger partial charge in [0.05, 0.1) is 27.5 Å². The monoisotopic (exact) mass is 467 g/mol. The topological polar surface area (TPSA) is 106 Å². The van der Waals surface area contributed by atoms with Gasteiger partial charge >= 0.3 is 6.03 Å². The molecule has 2 N–H and O–H groups in total. The van der Waals surface area contributed by atoms with Crippen LogP contribution >= 0.6 is 0 Å². The molecule has 9 heteroatoms. The number of carbonyl (C=O) groups is 1. The fraction of sp³-hybridized carbons (Fsp3) is 0.417. The standard InChI is InChI=1S/C24H29N5O3S/c25-18-19-9-3-4-10-21(19)26-24(30)27-22-17-20(33(31,32)29-15-7-2-8-16-29)11-12-23(22)28-13-5-1-6-14-28/h3-4,9-12,17H,1-2,5-8,13-16H2,(H2,26,27,30). The van der Waals surface area contributed by atoms with Gasteiger partial charge in [-0.05, 0) is 62.4 Å². The quantitative estimate of drug-likeness (QED) is 0.679. The summed E-state index contributed by atoms with van der Waals surface area (Å²) < 4.78 is 28.0. The zero-order valence-corrected chi connectivity index (χ0v) is 19.4. The molecule has 2 saturated heterocycles. The number of anilines is 3. The van der Waals surface area contributed by atoms with Crippen molar-refractivity contribution in [1.82, 2.24) is 4.31 Å². The van der Waals surface area contributed by atoms with Crippen molar-refractivity contribution in [3.63, 3.8) is 0 Å². The van der Waals surface area contributed by atoms with E-state index in [1.54, 1.807) is 42.5 Å². The number of benzene rings is 2. The Morgan fingerprint density at radius 3 is 2.18 bits per heavy atom. The summed E-state index contributed by atoms with van der Waals surface area (Å²) in [4.78, 5) is 15.2. The Labute approximate surface area is 195 Å². The number of nitriles is 1. The van der Waals surface area contributed by atoms with Gasteiger partial charge in [-0.15, -0.1) is 0 Å². The van der Waals surface area contributed by atoms with Crippen LogP contribution in [0.2, 0.25) is 0 Å². The van der Waals surface area contributed by atoms with E-state index in [9.17, 15) is 18.5 Å². The van der Waals surface area contributed by atoms with Crippen LogP contribution in [0.25, 0.3) is 0 Å². The molecule has 0 unspecified atom stereocenters. The van der Waals surface area contributed by atoms with Gasteiger partial charge in [0.1, 0.15) is 6.07 Å². The van der Waals surface area contributed by atoms with E-state index >= 15 is 0 Å². The number of amides is 2. The van der Waals surface area contributed by atoms with Gasteiger partial charge in [-0.2, -0.15) is 9.57 Å². The van der Waals surface area contributed by atoms with E-state index in [1.807, 2.05) is 0 Å². The Morgan fingerprint density at radius 2 is 1.48 bits per heavy atom. The first-order chi connectivity index (χ1) is 16.0. The molecule has 2 aliphatic heterocycles. The van der Waals surface area contributed by atoms with Gasteiger partial charge in [0, 0.05) is 26.2 Å². The van der Waals surface area contributed by atoms with Gasteiger partial charge in [0.2, 0.25) is 10.0 Å². The highest BCUT2D eigenvalue weighted by Gasteiger charge is 2.27. The average molecular weight is 468 g/mol. The second-order valence-corrected chi connectivity index (χ2v) is 10.4. The number of hydrogen-bond acceptors (Lipinski definition) is 5. The largest absolute Gasteiger partial charge is 0.370 e. The molecule has 174 valence electrons. The summed E-state index contributed by atoms with van der Waals surface area (Å²) in [6.45, 7) is 2.74. The number of piperidine rings is 2. The van der Waals surface area contributed by atoms with Crippen LogP contribution in [-0.2, 0) is 10.0 Å². The molecule has 0 saturated carbocycles. The van der Waals surface area contributed by atoms with Gasteiger partial charge in [-0.1, -0.05) is 18.6 Å². The molecular weight excluding hydrogens is 438 g/mol. The maximum Gasteiger partial charge on any atom is 0.323 e. The number of urea groups is 1. The first-order valence-electron chi connectivity index (χ1n) is 11.5. The molecular formula is C24H29N5O3S. The second kappa shape index (κ2) is 10.2. The molecule has 2 aliphatic rings. The molecule has 0 bridgehead atoms. The summed E-state index contributed by atoms with van der Waals surface area (Å²) in [7, 11) is -3.64. The number of nitrogens with one attached hydrogen (secondary N) is 2. The predicted molar refractivity (Wildman–Crippen MR) is 129 cm³/mol. The molecule has 2 aromatic rings. The Balaban J connectivity index is 1.63. The Morgan fingerprint density at radius 1 is 0.848 bits per heavy atom. The van der Waals surface area contributed by atoms with Crippen molar-refractivity contribution in [2.24, 2.45) is 0 Å². The molecule has 2 fully saturated rings. The molecule has 0 aromatic heterocycles. The van der Waals surface area contributed by atoms with Gasteiger partial charge in [0.25, 0.3) is 0 Å². The number of hydrogen-bond donors (Lipinski definition) is 2. The zero-order chi connectivity index (χ0) is 23.3. The molecule has 2 aromatic carbocycles. The maximum absolute atomic E-state index is 13.2. The Hall–Kier alpha value is -3.09. The van der Waals surface area contributed by atoms with Crippen LogP contribution in [0, 0.1) is 11.3 Å². The van der Waals surface area contributed by atoms with Crippen molar-refractivity contribution >= 4 is 33.1 Å². The van der Waals surface area contributed by atoms with E-state index in [0.29, 0.717) is 30.0 Å². The summed E-state index contributed by atoms with van der Waals surface area (Å²) >= 11 is 0. The van der Waals surface area contributed by atoms with Crippen LogP contribution in [0.3, 0.4) is 0 Å². The highest BCUT2D eigenvalue weighted by Crippen LogP contribution is 2.33. The third kappa shape index (κ3) is 5.29. The van der Waals surface area contributed by atoms with Crippen molar-refractivity contribution < 1.29 is 13.2 Å². The summed E-state index contributed by atoms with van der Waals surface area (Å²) in [6, 6.07) is 13.3. The fourth-order valence-corrected chi connectivity index (χ4v) is 5.95. The number of para-hydroxylation sites is 1. The lowest BCUT2D eigenvalue weighted by Gasteiger charge is -2.31. The molecule has 0 aliphatic carbocycles. The molecule has 8 nitrogen and oxygen atoms in total. The van der Waals surface area contributed by atoms with Crippen LogP contribution in [0.1, 0.15) is 44.1 Å². The molecule has 33 heavy (non-hydrogen) atoms. The van der Waals surface area contributed by atoms with Crippen LogP contribution in [-0.4, -0.2) is 44.9 Å². The fourth-order valence-electron chi connectivity index (χ4n) is 4.41. The smallest absolute Gasteiger partial charge is 0.323 e. The van der Waals surface area contributed by atoms with Crippen molar-refractivity contribution in [3.8, 4) is 6.07 Å². The lowest BCUT2D eigenvalue weighted by molar-refractivity contribution is 0.262. The van der Waals surface area contributed by atoms with E-state index in [2.05, 4.69) is 21.6 Å². The SMILES string of the molecule is N#Cc1ccccc1NC(=O)Nc1cc(S(=O)(=O)N2CCCCC2)ccc1N1CCCCC1. The number of rotatable bonds is 5. The first kappa shape index (κ1) is 23.1. The normalized spacial score (nSPS) is 17.2. The third-order valence-electron chi connectivity index (χ3n) is 6.16. The van der Waals surface area contributed by atoms with E-state index in [0.717, 1.165) is 57.3 Å². The van der Waals surface area contributed by atoms with Crippen molar-refractivity contribution in [3.05, 3.63) is 48.0 Å². The highest BCUT2D eigenvalue weighted by atomic mass is 32.2. The van der Waals surface area contributed by atoms with E-state index in [-0.39, 0.29) is 4.90 Å². The van der Waals surface area contributed by atoms with Crippen molar-refractivity contribution in [2.75, 3.05) is 41.7 Å². The lowest BCUT2D eigenvalue weighted by atomic mass is 10.1. The first-order valence-corrected chi connectivity index (χ1v) is 12.9. The van der Waals surface area contributed by atoms with Crippen LogP contribution in [0.4, 0.5) is 21.9 Å². The maximum atomic E-state index is 13.2. The summed E-state index contributed by atoms with van der Waals surface area (Å²) in [6.07, 6.45) is 6.01. The second-order valence-electron chi connectivity index (χ2n) is 8.43. The van der Waals surface area contributed by atoms with E-state index < -0.39 is 16.1 Å². The summed E-state index contributed by atoms with van der Waals surface area (Å²) in [5, 5.41) is 14.8. The van der Waals surface area contributed by atoms with Crippen molar-refractivity contribution in [2.45, 2.75) is 43.4 Å². The van der Waals surface area contributed by atoms with Gasteiger partial charge in [0.15, 0.2) is 0 Å². The average Bonchev–Trinajstić information content (AvgIpc) is 2.85. The van der Waals surface area contributed by atoms with E-state index in [4.69, 9.17) is 0 Å². The number of nitrogens with zero attached hydrogens (tertiary/aromatic N) is 3. The van der Waals surface area contributed by atoms with Crippen molar-refractivity contribution in [1.29, 1.82) is 5.26 Å². The zero-order valence-electron chi connectivity index (χ0n) is 18.6. The molecule has 0 spiro atoms. The minimum atomic E-state index is -3.64.